The van der Waals surface area contributed by atoms with E-state index in [1.807, 2.05) is 47.4 Å². The number of benzene rings is 4. The molecule has 0 bridgehead atoms. The number of ether oxygens (including phenoxy) is 1. The van der Waals surface area contributed by atoms with Crippen molar-refractivity contribution in [1.29, 1.82) is 0 Å². The predicted molar refractivity (Wildman–Crippen MR) is 206 cm³/mol. The summed E-state index contributed by atoms with van der Waals surface area (Å²) in [7, 11) is 0. The topological polar surface area (TPSA) is 44.9 Å². The summed E-state index contributed by atoms with van der Waals surface area (Å²) in [6.45, 7) is 20.6. The first kappa shape index (κ1) is 36.3. The first-order chi connectivity index (χ1) is 23.9. The Balaban J connectivity index is 0.00000448. The minimum absolute atomic E-state index is 0. The zero-order chi connectivity index (χ0) is 35.4. The molecule has 7 rings (SSSR count). The molecule has 3 heterocycles. The number of aromatic nitrogens is 4. The maximum atomic E-state index is 6.44. The summed E-state index contributed by atoms with van der Waals surface area (Å²) in [5, 5.41) is 7.10. The fourth-order valence-electron chi connectivity index (χ4n) is 7.39. The van der Waals surface area contributed by atoms with Crippen molar-refractivity contribution in [3.05, 3.63) is 131 Å². The summed E-state index contributed by atoms with van der Waals surface area (Å²) in [5.41, 5.74) is 12.1. The molecule has 0 aliphatic rings. The maximum absolute atomic E-state index is 6.44. The van der Waals surface area contributed by atoms with Crippen molar-refractivity contribution in [2.24, 2.45) is 0 Å². The van der Waals surface area contributed by atoms with Crippen molar-refractivity contribution >= 4 is 21.8 Å². The molecule has 0 atom stereocenters. The standard InChI is InChI=1S/C45H46N4O.Pt/c1-10-30-24-38(44(4,5)6)43(45(7,8)9)35(11-2)42(30)31-27-47-48(28-31)32-15-14-16-33(25-32)50-34-19-20-37-36-17-12-13-18-39(36)49(40(37)26-34)41-23-29(3)21-22-46-41;/h12-24,27-28H,10-11H2,1-9H3;/q-2;+2. The van der Waals surface area contributed by atoms with Gasteiger partial charge in [-0.3, -0.25) is 4.68 Å². The zero-order valence-electron chi connectivity index (χ0n) is 31.1. The van der Waals surface area contributed by atoms with Crippen molar-refractivity contribution in [1.82, 2.24) is 19.3 Å². The molecule has 0 saturated heterocycles. The molecule has 0 radical (unpaired) electrons. The van der Waals surface area contributed by atoms with Gasteiger partial charge in [0.25, 0.3) is 0 Å². The van der Waals surface area contributed by atoms with Gasteiger partial charge in [0.05, 0.1) is 6.20 Å². The fraction of sp³-hybridized carbons (Fsp3) is 0.289. The molecule has 5 nitrogen and oxygen atoms in total. The number of fused-ring (bicyclic) bond motifs is 3. The summed E-state index contributed by atoms with van der Waals surface area (Å²) in [5.74, 6) is 2.06. The van der Waals surface area contributed by atoms with E-state index in [0.29, 0.717) is 11.5 Å². The average molecular weight is 854 g/mol. The second kappa shape index (κ2) is 13.9. The van der Waals surface area contributed by atoms with Crippen LogP contribution in [0.2, 0.25) is 0 Å². The van der Waals surface area contributed by atoms with E-state index in [1.54, 1.807) is 0 Å². The maximum Gasteiger partial charge on any atom is 2.00 e. The zero-order valence-corrected chi connectivity index (χ0v) is 33.4. The van der Waals surface area contributed by atoms with E-state index in [9.17, 15) is 0 Å². The molecular weight excluding hydrogens is 808 g/mol. The minimum atomic E-state index is 0. The second-order valence-electron chi connectivity index (χ2n) is 15.3. The Bertz CT molecular complexity index is 2370. The first-order valence-corrected chi connectivity index (χ1v) is 17.7. The summed E-state index contributed by atoms with van der Waals surface area (Å²) >= 11 is 0. The molecule has 262 valence electrons. The summed E-state index contributed by atoms with van der Waals surface area (Å²) in [6, 6.07) is 32.0. The van der Waals surface area contributed by atoms with Crippen LogP contribution < -0.4 is 4.74 Å². The van der Waals surface area contributed by atoms with E-state index in [-0.39, 0.29) is 31.9 Å². The third-order valence-corrected chi connectivity index (χ3v) is 9.58. The number of rotatable bonds is 7. The van der Waals surface area contributed by atoms with Crippen LogP contribution in [0.5, 0.6) is 11.5 Å². The largest absolute Gasteiger partial charge is 2.00 e. The molecule has 6 heteroatoms. The van der Waals surface area contributed by atoms with Gasteiger partial charge in [0.1, 0.15) is 5.82 Å². The molecule has 4 aromatic carbocycles. The van der Waals surface area contributed by atoms with E-state index in [2.05, 4.69) is 128 Å². The third-order valence-electron chi connectivity index (χ3n) is 9.58. The smallest absolute Gasteiger partial charge is 0.509 e. The van der Waals surface area contributed by atoms with Crippen molar-refractivity contribution in [2.45, 2.75) is 86.0 Å². The van der Waals surface area contributed by atoms with Crippen molar-refractivity contribution < 1.29 is 25.8 Å². The van der Waals surface area contributed by atoms with Crippen LogP contribution in [0.3, 0.4) is 0 Å². The van der Waals surface area contributed by atoms with Gasteiger partial charge in [-0.05, 0) is 93.2 Å². The Labute approximate surface area is 317 Å². The van der Waals surface area contributed by atoms with Crippen LogP contribution in [0.4, 0.5) is 0 Å². The second-order valence-corrected chi connectivity index (χ2v) is 15.3. The van der Waals surface area contributed by atoms with Crippen molar-refractivity contribution in [3.63, 3.8) is 0 Å². The van der Waals surface area contributed by atoms with Gasteiger partial charge in [0.15, 0.2) is 0 Å². The number of nitrogens with zero attached hydrogens (tertiary/aromatic N) is 4. The van der Waals surface area contributed by atoms with Crippen LogP contribution >= 0.6 is 0 Å². The van der Waals surface area contributed by atoms with Gasteiger partial charge in [0.2, 0.25) is 0 Å². The monoisotopic (exact) mass is 853 g/mol. The number of hydrogen-bond acceptors (Lipinski definition) is 3. The SMILES string of the molecule is CCc1cc(C(C)(C)C)c(C(C)(C)C)c(CC)c1-c1cnn(-c2[c-]c(Oc3[c-]c4c(cc3)c3ccccc3n4-c3cc(C)ccn3)ccc2)c1.[Pt+2]. The van der Waals surface area contributed by atoms with Gasteiger partial charge in [0, 0.05) is 35.0 Å². The van der Waals surface area contributed by atoms with Gasteiger partial charge >= 0.3 is 21.1 Å². The molecule has 0 saturated carbocycles. The first-order valence-electron chi connectivity index (χ1n) is 17.7. The Hall–Kier alpha value is -4.47. The quantitative estimate of drug-likeness (QED) is 0.150. The Kier molecular flexibility index (Phi) is 9.91. The number of para-hydroxylation sites is 1. The molecular formula is C45H46N4OPt. The molecule has 7 aromatic rings. The minimum Gasteiger partial charge on any atom is -0.509 e. The van der Waals surface area contributed by atoms with Crippen LogP contribution in [-0.2, 0) is 44.7 Å². The van der Waals surface area contributed by atoms with Gasteiger partial charge < -0.3 is 9.30 Å². The summed E-state index contributed by atoms with van der Waals surface area (Å²) in [4.78, 5) is 4.70. The molecule has 0 N–H and O–H groups in total. The Morgan fingerprint density at radius 2 is 1.55 bits per heavy atom. The third kappa shape index (κ3) is 6.81. The van der Waals surface area contributed by atoms with Crippen LogP contribution in [0.1, 0.15) is 83.2 Å². The van der Waals surface area contributed by atoms with Crippen LogP contribution in [0.25, 0.3) is 44.4 Å². The van der Waals surface area contributed by atoms with Crippen LogP contribution in [0, 0.1) is 19.1 Å². The number of pyridine rings is 1. The normalized spacial score (nSPS) is 12.0. The molecule has 3 aromatic heterocycles. The number of aryl methyl sites for hydroxylation is 2. The van der Waals surface area contributed by atoms with E-state index in [4.69, 9.17) is 14.8 Å². The van der Waals surface area contributed by atoms with E-state index in [0.717, 1.165) is 57.3 Å². The fourth-order valence-corrected chi connectivity index (χ4v) is 7.39. The molecule has 0 fully saturated rings. The van der Waals surface area contributed by atoms with Crippen LogP contribution in [0.15, 0.2) is 91.4 Å². The summed E-state index contributed by atoms with van der Waals surface area (Å²) in [6.07, 6.45) is 7.90. The molecule has 0 unspecified atom stereocenters. The number of hydrogen-bond donors (Lipinski definition) is 0. The Morgan fingerprint density at radius 1 is 0.784 bits per heavy atom. The van der Waals surface area contributed by atoms with E-state index >= 15 is 0 Å². The van der Waals surface area contributed by atoms with E-state index in [1.165, 1.54) is 27.8 Å². The molecule has 0 aliphatic carbocycles. The van der Waals surface area contributed by atoms with Crippen molar-refractivity contribution in [3.8, 4) is 34.1 Å². The molecule has 0 aliphatic heterocycles. The molecule has 51 heavy (non-hydrogen) atoms. The van der Waals surface area contributed by atoms with Crippen molar-refractivity contribution in [2.75, 3.05) is 0 Å². The molecule has 0 amide bonds. The molecule has 0 spiro atoms. The Morgan fingerprint density at radius 3 is 2.25 bits per heavy atom. The van der Waals surface area contributed by atoms with Gasteiger partial charge in [-0.2, -0.15) is 17.2 Å². The summed E-state index contributed by atoms with van der Waals surface area (Å²) < 4.78 is 10.5. The van der Waals surface area contributed by atoms with Gasteiger partial charge in [-0.25, -0.2) is 4.98 Å². The predicted octanol–water partition coefficient (Wildman–Crippen LogP) is 11.4. The van der Waals surface area contributed by atoms with Gasteiger partial charge in [-0.1, -0.05) is 85.2 Å². The van der Waals surface area contributed by atoms with Crippen LogP contribution in [-0.4, -0.2) is 19.3 Å². The van der Waals surface area contributed by atoms with E-state index < -0.39 is 0 Å². The average Bonchev–Trinajstić information content (AvgIpc) is 3.70. The van der Waals surface area contributed by atoms with Gasteiger partial charge in [-0.15, -0.1) is 35.7 Å².